The maximum Gasteiger partial charge on any atom is 0.221 e. The van der Waals surface area contributed by atoms with Crippen LogP contribution in [0.25, 0.3) is 0 Å². The summed E-state index contributed by atoms with van der Waals surface area (Å²) in [5.41, 5.74) is 1.24. The number of ether oxygens (including phenoxy) is 1. The van der Waals surface area contributed by atoms with Crippen LogP contribution in [0.1, 0.15) is 30.7 Å². The third-order valence-corrected chi connectivity index (χ3v) is 4.24. The van der Waals surface area contributed by atoms with Crippen LogP contribution in [0, 0.1) is 0 Å². The first kappa shape index (κ1) is 16.3. The Hall–Kier alpha value is -1.10. The fourth-order valence-corrected chi connectivity index (χ4v) is 2.91. The second-order valence-corrected chi connectivity index (χ2v) is 5.84. The molecule has 0 radical (unpaired) electrons. The molecule has 0 bridgehead atoms. The highest BCUT2D eigenvalue weighted by atomic mass is 35.5. The van der Waals surface area contributed by atoms with E-state index in [2.05, 4.69) is 16.7 Å². The molecule has 0 heterocycles. The summed E-state index contributed by atoms with van der Waals surface area (Å²) in [6, 6.07) is 8.54. The van der Waals surface area contributed by atoms with E-state index < -0.39 is 0 Å². The molecule has 0 spiro atoms. The van der Waals surface area contributed by atoms with E-state index in [9.17, 15) is 4.79 Å². The lowest BCUT2D eigenvalue weighted by Crippen LogP contribution is -2.41. The van der Waals surface area contributed by atoms with Crippen molar-refractivity contribution < 1.29 is 9.53 Å². The molecule has 1 aromatic carbocycles. The quantitative estimate of drug-likeness (QED) is 0.725. The Morgan fingerprint density at radius 3 is 2.81 bits per heavy atom. The molecular formula is C16H23ClN2O2. The molecule has 4 nitrogen and oxygen atoms in total. The van der Waals surface area contributed by atoms with Crippen molar-refractivity contribution in [2.75, 3.05) is 26.8 Å². The van der Waals surface area contributed by atoms with Gasteiger partial charge in [-0.1, -0.05) is 29.8 Å². The topological polar surface area (TPSA) is 50.4 Å². The van der Waals surface area contributed by atoms with Crippen molar-refractivity contribution in [2.45, 2.75) is 31.2 Å². The molecule has 2 N–H and O–H groups in total. The van der Waals surface area contributed by atoms with Gasteiger partial charge in [0, 0.05) is 37.7 Å². The monoisotopic (exact) mass is 310 g/mol. The van der Waals surface area contributed by atoms with Gasteiger partial charge in [0.2, 0.25) is 5.91 Å². The maximum absolute atomic E-state index is 11.5. The number of rotatable bonds is 8. The highest BCUT2D eigenvalue weighted by Gasteiger charge is 2.30. The van der Waals surface area contributed by atoms with Crippen molar-refractivity contribution in [3.8, 4) is 0 Å². The minimum absolute atomic E-state index is 0.0709. The highest BCUT2D eigenvalue weighted by molar-refractivity contribution is 6.31. The van der Waals surface area contributed by atoms with E-state index in [-0.39, 0.29) is 5.91 Å². The van der Waals surface area contributed by atoms with Gasteiger partial charge in [-0.15, -0.1) is 0 Å². The summed E-state index contributed by atoms with van der Waals surface area (Å²) in [5.74, 6) is 0.619. The molecule has 1 aliphatic carbocycles. The lowest BCUT2D eigenvalue weighted by atomic mass is 9.76. The minimum Gasteiger partial charge on any atom is -0.383 e. The Morgan fingerprint density at radius 2 is 2.10 bits per heavy atom. The highest BCUT2D eigenvalue weighted by Crippen LogP contribution is 2.39. The molecule has 0 aromatic heterocycles. The van der Waals surface area contributed by atoms with Gasteiger partial charge in [-0.2, -0.15) is 0 Å². The van der Waals surface area contributed by atoms with Crippen LogP contribution in [0.4, 0.5) is 0 Å². The summed E-state index contributed by atoms with van der Waals surface area (Å²) in [7, 11) is 1.62. The van der Waals surface area contributed by atoms with Crippen LogP contribution in [0.3, 0.4) is 0 Å². The Labute approximate surface area is 131 Å². The number of hydrogen-bond acceptors (Lipinski definition) is 3. The fourth-order valence-electron chi connectivity index (χ4n) is 2.62. The normalized spacial score (nSPS) is 20.9. The predicted octanol–water partition coefficient (Wildman–Crippen LogP) is 2.33. The lowest BCUT2D eigenvalue weighted by Gasteiger charge is -2.36. The number of carbonyl (C=O) groups is 1. The molecule has 1 aliphatic rings. The van der Waals surface area contributed by atoms with E-state index in [0.717, 1.165) is 24.4 Å². The van der Waals surface area contributed by atoms with E-state index in [4.69, 9.17) is 16.3 Å². The first-order valence-corrected chi connectivity index (χ1v) is 7.82. The smallest absolute Gasteiger partial charge is 0.221 e. The van der Waals surface area contributed by atoms with Gasteiger partial charge < -0.3 is 15.4 Å². The Bertz CT molecular complexity index is 461. The SMILES string of the molecule is COCCNC(=O)CCNC1CC(c2ccccc2Cl)C1. The molecule has 21 heavy (non-hydrogen) atoms. The second kappa shape index (κ2) is 8.37. The average molecular weight is 311 g/mol. The average Bonchev–Trinajstić information content (AvgIpc) is 2.43. The first-order valence-electron chi connectivity index (χ1n) is 7.44. The van der Waals surface area contributed by atoms with Gasteiger partial charge in [-0.05, 0) is 30.4 Å². The largest absolute Gasteiger partial charge is 0.383 e. The van der Waals surface area contributed by atoms with E-state index >= 15 is 0 Å². The van der Waals surface area contributed by atoms with Gasteiger partial charge in [0.05, 0.1) is 6.61 Å². The number of halogens is 1. The van der Waals surface area contributed by atoms with E-state index in [1.807, 2.05) is 18.2 Å². The summed E-state index contributed by atoms with van der Waals surface area (Å²) in [6.07, 6.45) is 2.70. The Balaban J connectivity index is 1.59. The second-order valence-electron chi connectivity index (χ2n) is 5.43. The summed E-state index contributed by atoms with van der Waals surface area (Å²) < 4.78 is 4.88. The first-order chi connectivity index (χ1) is 10.2. The molecule has 116 valence electrons. The molecule has 2 rings (SSSR count). The van der Waals surface area contributed by atoms with Gasteiger partial charge in [0.25, 0.3) is 0 Å². The summed E-state index contributed by atoms with van der Waals surface area (Å²) in [4.78, 5) is 11.5. The number of methoxy groups -OCH3 is 1. The van der Waals surface area contributed by atoms with Gasteiger partial charge >= 0.3 is 0 Å². The van der Waals surface area contributed by atoms with Crippen LogP contribution >= 0.6 is 11.6 Å². The van der Waals surface area contributed by atoms with Crippen LogP contribution < -0.4 is 10.6 Å². The predicted molar refractivity (Wildman–Crippen MR) is 84.7 cm³/mol. The van der Waals surface area contributed by atoms with E-state index in [1.54, 1.807) is 7.11 Å². The Kier molecular flexibility index (Phi) is 6.49. The van der Waals surface area contributed by atoms with Crippen LogP contribution in [0.5, 0.6) is 0 Å². The van der Waals surface area contributed by atoms with Gasteiger partial charge in [-0.25, -0.2) is 0 Å². The zero-order valence-electron chi connectivity index (χ0n) is 12.4. The zero-order valence-corrected chi connectivity index (χ0v) is 13.2. The summed E-state index contributed by atoms with van der Waals surface area (Å²) in [6.45, 7) is 1.85. The zero-order chi connectivity index (χ0) is 15.1. The maximum atomic E-state index is 11.5. The summed E-state index contributed by atoms with van der Waals surface area (Å²) >= 11 is 6.20. The van der Waals surface area contributed by atoms with E-state index in [1.165, 1.54) is 5.56 Å². The van der Waals surface area contributed by atoms with Crippen molar-refractivity contribution in [2.24, 2.45) is 0 Å². The van der Waals surface area contributed by atoms with Gasteiger partial charge in [0.15, 0.2) is 0 Å². The van der Waals surface area contributed by atoms with Gasteiger partial charge in [0.1, 0.15) is 0 Å². The van der Waals surface area contributed by atoms with Crippen molar-refractivity contribution in [1.82, 2.24) is 10.6 Å². The number of carbonyl (C=O) groups excluding carboxylic acids is 1. The van der Waals surface area contributed by atoms with Gasteiger partial charge in [-0.3, -0.25) is 4.79 Å². The molecule has 1 aromatic rings. The van der Waals surface area contributed by atoms with Crippen molar-refractivity contribution in [1.29, 1.82) is 0 Å². The number of hydrogen-bond donors (Lipinski definition) is 2. The van der Waals surface area contributed by atoms with Crippen molar-refractivity contribution in [3.63, 3.8) is 0 Å². The van der Waals surface area contributed by atoms with Crippen molar-refractivity contribution >= 4 is 17.5 Å². The third-order valence-electron chi connectivity index (χ3n) is 3.90. The number of nitrogens with one attached hydrogen (secondary N) is 2. The Morgan fingerprint density at radius 1 is 1.33 bits per heavy atom. The van der Waals surface area contributed by atoms with Crippen LogP contribution in [-0.2, 0) is 9.53 Å². The third kappa shape index (κ3) is 4.99. The molecule has 5 heteroatoms. The fraction of sp³-hybridized carbons (Fsp3) is 0.562. The van der Waals surface area contributed by atoms with Crippen LogP contribution in [0.15, 0.2) is 24.3 Å². The molecule has 1 fully saturated rings. The molecule has 0 aliphatic heterocycles. The summed E-state index contributed by atoms with van der Waals surface area (Å²) in [5, 5.41) is 7.10. The van der Waals surface area contributed by atoms with E-state index in [0.29, 0.717) is 31.5 Å². The lowest BCUT2D eigenvalue weighted by molar-refractivity contribution is -0.121. The molecule has 0 saturated heterocycles. The number of amides is 1. The van der Waals surface area contributed by atoms with Crippen LogP contribution in [-0.4, -0.2) is 38.8 Å². The van der Waals surface area contributed by atoms with Crippen molar-refractivity contribution in [3.05, 3.63) is 34.9 Å². The molecule has 0 atom stereocenters. The minimum atomic E-state index is 0.0709. The molecule has 1 saturated carbocycles. The molecule has 1 amide bonds. The standard InChI is InChI=1S/C16H23ClN2O2/c1-21-9-8-19-16(20)6-7-18-13-10-12(11-13)14-4-2-3-5-15(14)17/h2-5,12-13,18H,6-11H2,1H3,(H,19,20). The molecule has 0 unspecified atom stereocenters. The number of benzene rings is 1. The van der Waals surface area contributed by atoms with Crippen LogP contribution in [0.2, 0.25) is 5.02 Å². The molecular weight excluding hydrogens is 288 g/mol.